The van der Waals surface area contributed by atoms with Gasteiger partial charge < -0.3 is 15.4 Å². The molecule has 4 nitrogen and oxygen atoms in total. The third-order valence-corrected chi connectivity index (χ3v) is 4.11. The van der Waals surface area contributed by atoms with E-state index < -0.39 is 0 Å². The van der Waals surface area contributed by atoms with Gasteiger partial charge in [0, 0.05) is 25.6 Å². The minimum Gasteiger partial charge on any atom is -0.497 e. The Morgan fingerprint density at radius 3 is 3.05 bits per heavy atom. The smallest absolute Gasteiger partial charge is 0.223 e. The fraction of sp³-hybridized carbons (Fsp3) is 0.562. The molecule has 0 aromatic heterocycles. The highest BCUT2D eigenvalue weighted by molar-refractivity contribution is 5.77. The van der Waals surface area contributed by atoms with E-state index in [0.717, 1.165) is 30.7 Å². The van der Waals surface area contributed by atoms with Gasteiger partial charge in [0.25, 0.3) is 0 Å². The molecule has 0 aliphatic carbocycles. The number of nitrogens with zero attached hydrogens (tertiary/aromatic N) is 1. The summed E-state index contributed by atoms with van der Waals surface area (Å²) in [5.74, 6) is 1.24. The lowest BCUT2D eigenvalue weighted by Crippen LogP contribution is -2.40. The summed E-state index contributed by atoms with van der Waals surface area (Å²) in [6.45, 7) is 3.50. The first kappa shape index (κ1) is 14.9. The maximum Gasteiger partial charge on any atom is 0.223 e. The van der Waals surface area contributed by atoms with Crippen molar-refractivity contribution in [1.82, 2.24) is 4.90 Å². The van der Waals surface area contributed by atoms with E-state index in [1.165, 1.54) is 0 Å². The number of hydrogen-bond acceptors (Lipinski definition) is 3. The molecule has 0 saturated carbocycles. The Labute approximate surface area is 120 Å². The van der Waals surface area contributed by atoms with Crippen LogP contribution in [0, 0.1) is 0 Å². The zero-order valence-electron chi connectivity index (χ0n) is 12.3. The van der Waals surface area contributed by atoms with Crippen LogP contribution < -0.4 is 10.5 Å². The van der Waals surface area contributed by atoms with Gasteiger partial charge in [0.05, 0.1) is 7.11 Å². The Kier molecular flexibility index (Phi) is 5.01. The Morgan fingerprint density at radius 2 is 2.35 bits per heavy atom. The second kappa shape index (κ2) is 6.75. The first-order chi connectivity index (χ1) is 9.65. The molecule has 2 atom stereocenters. The van der Waals surface area contributed by atoms with Crippen LogP contribution in [0.4, 0.5) is 0 Å². The van der Waals surface area contributed by atoms with Gasteiger partial charge in [0.15, 0.2) is 0 Å². The SMILES string of the molecule is COc1cccc(C(C)CC(=O)N2CCCC2CN)c1. The molecule has 0 bridgehead atoms. The molecule has 1 aliphatic heterocycles. The van der Waals surface area contributed by atoms with Crippen LogP contribution in [0.15, 0.2) is 24.3 Å². The number of nitrogens with two attached hydrogens (primary N) is 1. The van der Waals surface area contributed by atoms with Gasteiger partial charge in [-0.3, -0.25) is 4.79 Å². The van der Waals surface area contributed by atoms with E-state index in [1.54, 1.807) is 7.11 Å². The third-order valence-electron chi connectivity index (χ3n) is 4.11. The van der Waals surface area contributed by atoms with Crippen LogP contribution in [-0.2, 0) is 4.79 Å². The number of amides is 1. The summed E-state index contributed by atoms with van der Waals surface area (Å²) < 4.78 is 5.23. The van der Waals surface area contributed by atoms with Crippen molar-refractivity contribution in [2.45, 2.75) is 38.1 Å². The zero-order chi connectivity index (χ0) is 14.5. The zero-order valence-corrected chi connectivity index (χ0v) is 12.3. The Hall–Kier alpha value is -1.55. The van der Waals surface area contributed by atoms with E-state index in [9.17, 15) is 4.79 Å². The molecule has 1 aliphatic rings. The average Bonchev–Trinajstić information content (AvgIpc) is 2.95. The van der Waals surface area contributed by atoms with Crippen LogP contribution in [0.5, 0.6) is 5.75 Å². The van der Waals surface area contributed by atoms with Crippen molar-refractivity contribution >= 4 is 5.91 Å². The molecule has 20 heavy (non-hydrogen) atoms. The van der Waals surface area contributed by atoms with Crippen molar-refractivity contribution in [1.29, 1.82) is 0 Å². The molecule has 0 spiro atoms. The minimum atomic E-state index is 0.191. The van der Waals surface area contributed by atoms with Gasteiger partial charge in [-0.15, -0.1) is 0 Å². The normalized spacial score (nSPS) is 19.9. The van der Waals surface area contributed by atoms with Crippen LogP contribution in [-0.4, -0.2) is 37.0 Å². The van der Waals surface area contributed by atoms with Gasteiger partial charge in [-0.25, -0.2) is 0 Å². The van der Waals surface area contributed by atoms with E-state index >= 15 is 0 Å². The van der Waals surface area contributed by atoms with Crippen LogP contribution in [0.1, 0.15) is 37.7 Å². The predicted octanol–water partition coefficient (Wildman–Crippen LogP) is 2.14. The number of methoxy groups -OCH3 is 1. The van der Waals surface area contributed by atoms with Crippen molar-refractivity contribution in [2.75, 3.05) is 20.2 Å². The largest absolute Gasteiger partial charge is 0.497 e. The van der Waals surface area contributed by atoms with Crippen LogP contribution in [0.3, 0.4) is 0 Å². The maximum absolute atomic E-state index is 12.4. The molecule has 4 heteroatoms. The number of ether oxygens (including phenoxy) is 1. The number of likely N-dealkylation sites (tertiary alicyclic amines) is 1. The summed E-state index contributed by atoms with van der Waals surface area (Å²) in [4.78, 5) is 14.3. The monoisotopic (exact) mass is 276 g/mol. The fourth-order valence-corrected chi connectivity index (χ4v) is 2.85. The summed E-state index contributed by atoms with van der Waals surface area (Å²) in [5.41, 5.74) is 6.87. The van der Waals surface area contributed by atoms with E-state index in [4.69, 9.17) is 10.5 Å². The highest BCUT2D eigenvalue weighted by Gasteiger charge is 2.28. The van der Waals surface area contributed by atoms with Gasteiger partial charge in [-0.05, 0) is 36.5 Å². The fourth-order valence-electron chi connectivity index (χ4n) is 2.85. The summed E-state index contributed by atoms with van der Waals surface area (Å²) in [6, 6.07) is 8.17. The van der Waals surface area contributed by atoms with E-state index in [1.807, 2.05) is 29.2 Å². The van der Waals surface area contributed by atoms with Crippen molar-refractivity contribution in [2.24, 2.45) is 5.73 Å². The van der Waals surface area contributed by atoms with Gasteiger partial charge in [0.2, 0.25) is 5.91 Å². The predicted molar refractivity (Wildman–Crippen MR) is 79.8 cm³/mol. The molecule has 2 N–H and O–H groups in total. The van der Waals surface area contributed by atoms with Crippen LogP contribution >= 0.6 is 0 Å². The first-order valence-electron chi connectivity index (χ1n) is 7.29. The number of carbonyl (C=O) groups is 1. The third kappa shape index (κ3) is 3.31. The van der Waals surface area contributed by atoms with E-state index in [0.29, 0.717) is 13.0 Å². The van der Waals surface area contributed by atoms with E-state index in [-0.39, 0.29) is 17.9 Å². The molecule has 110 valence electrons. The quantitative estimate of drug-likeness (QED) is 0.896. The molecule has 0 radical (unpaired) electrons. The van der Waals surface area contributed by atoms with E-state index in [2.05, 4.69) is 6.92 Å². The minimum absolute atomic E-state index is 0.191. The second-order valence-electron chi connectivity index (χ2n) is 5.50. The van der Waals surface area contributed by atoms with Gasteiger partial charge >= 0.3 is 0 Å². The summed E-state index contributed by atoms with van der Waals surface area (Å²) in [7, 11) is 1.66. The summed E-state index contributed by atoms with van der Waals surface area (Å²) in [5, 5.41) is 0. The molecular formula is C16H24N2O2. The molecule has 1 fully saturated rings. The van der Waals surface area contributed by atoms with Crippen LogP contribution in [0.25, 0.3) is 0 Å². The number of hydrogen-bond donors (Lipinski definition) is 1. The van der Waals surface area contributed by atoms with Crippen molar-refractivity contribution < 1.29 is 9.53 Å². The molecule has 1 aromatic rings. The van der Waals surface area contributed by atoms with Crippen LogP contribution in [0.2, 0.25) is 0 Å². The number of carbonyl (C=O) groups excluding carboxylic acids is 1. The van der Waals surface area contributed by atoms with Gasteiger partial charge in [-0.2, -0.15) is 0 Å². The summed E-state index contributed by atoms with van der Waals surface area (Å²) >= 11 is 0. The molecule has 1 saturated heterocycles. The Morgan fingerprint density at radius 1 is 1.55 bits per heavy atom. The standard InChI is InChI=1S/C16H24N2O2/c1-12(13-5-3-7-15(10-13)20-2)9-16(19)18-8-4-6-14(18)11-17/h3,5,7,10,12,14H,4,6,8-9,11,17H2,1-2H3. The lowest BCUT2D eigenvalue weighted by molar-refractivity contribution is -0.132. The lowest BCUT2D eigenvalue weighted by Gasteiger charge is -2.25. The molecular weight excluding hydrogens is 252 g/mol. The van der Waals surface area contributed by atoms with Crippen molar-refractivity contribution in [3.8, 4) is 5.75 Å². The molecule has 1 aromatic carbocycles. The topological polar surface area (TPSA) is 55.6 Å². The molecule has 2 rings (SSSR count). The lowest BCUT2D eigenvalue weighted by atomic mass is 9.97. The Balaban J connectivity index is 1.99. The van der Waals surface area contributed by atoms with Crippen molar-refractivity contribution in [3.05, 3.63) is 29.8 Å². The van der Waals surface area contributed by atoms with Crippen molar-refractivity contribution in [3.63, 3.8) is 0 Å². The van der Waals surface area contributed by atoms with Gasteiger partial charge in [-0.1, -0.05) is 19.1 Å². The molecule has 2 unspecified atom stereocenters. The average molecular weight is 276 g/mol. The van der Waals surface area contributed by atoms with Gasteiger partial charge in [0.1, 0.15) is 5.75 Å². The maximum atomic E-state index is 12.4. The second-order valence-corrected chi connectivity index (χ2v) is 5.50. The molecule has 1 amide bonds. The summed E-state index contributed by atoms with van der Waals surface area (Å²) in [6.07, 6.45) is 2.64. The molecule has 1 heterocycles. The first-order valence-corrected chi connectivity index (χ1v) is 7.29. The highest BCUT2D eigenvalue weighted by atomic mass is 16.5. The number of rotatable bonds is 5. The Bertz CT molecular complexity index is 462. The highest BCUT2D eigenvalue weighted by Crippen LogP contribution is 2.26. The number of benzene rings is 1.